The van der Waals surface area contributed by atoms with Crippen LogP contribution < -0.4 is 0 Å². The Balaban J connectivity index is 2.43. The number of hydrogen-bond acceptors (Lipinski definition) is 4. The van der Waals surface area contributed by atoms with Crippen molar-refractivity contribution in [1.29, 1.82) is 0 Å². The summed E-state index contributed by atoms with van der Waals surface area (Å²) in [7, 11) is -2.57. The molecule has 0 spiro atoms. The highest BCUT2D eigenvalue weighted by molar-refractivity contribution is 7.92. The molecule has 0 fully saturated rings. The van der Waals surface area contributed by atoms with Crippen molar-refractivity contribution in [1.82, 2.24) is 0 Å². The number of benzene rings is 1. The molecular weight excluding hydrogens is 288 g/mol. The first-order valence-corrected chi connectivity index (χ1v) is 8.32. The van der Waals surface area contributed by atoms with Crippen LogP contribution in [-0.4, -0.2) is 26.7 Å². The van der Waals surface area contributed by atoms with Crippen molar-refractivity contribution in [3.05, 3.63) is 54.6 Å². The molecule has 0 amide bonds. The van der Waals surface area contributed by atoms with Crippen LogP contribution in [0.25, 0.3) is 0 Å². The molecule has 1 unspecified atom stereocenters. The second kappa shape index (κ2) is 6.72. The molecule has 0 heterocycles. The van der Waals surface area contributed by atoms with Gasteiger partial charge in [0.15, 0.2) is 15.1 Å². The zero-order valence-electron chi connectivity index (χ0n) is 11.8. The molecule has 0 bridgehead atoms. The number of sulfone groups is 1. The fourth-order valence-corrected chi connectivity index (χ4v) is 4.29. The van der Waals surface area contributed by atoms with Gasteiger partial charge < -0.3 is 4.74 Å². The molecule has 1 aliphatic rings. The number of hydrogen-bond donors (Lipinski definition) is 0. The molecule has 4 nitrogen and oxygen atoms in total. The minimum absolute atomic E-state index is 0.144. The van der Waals surface area contributed by atoms with Gasteiger partial charge in [0, 0.05) is 5.92 Å². The van der Waals surface area contributed by atoms with E-state index in [2.05, 4.69) is 0 Å². The smallest absolute Gasteiger partial charge is 0.325 e. The Morgan fingerprint density at radius 1 is 1.24 bits per heavy atom. The van der Waals surface area contributed by atoms with E-state index in [1.807, 2.05) is 12.2 Å². The lowest BCUT2D eigenvalue weighted by molar-refractivity contribution is -0.140. The Labute approximate surface area is 125 Å². The van der Waals surface area contributed by atoms with Crippen molar-refractivity contribution in [2.75, 3.05) is 7.11 Å². The summed E-state index contributed by atoms with van der Waals surface area (Å²) in [4.78, 5) is 12.2. The predicted octanol–water partition coefficient (Wildman–Crippen LogP) is 2.52. The fourth-order valence-electron chi connectivity index (χ4n) is 2.42. The first-order chi connectivity index (χ1) is 10.1. The summed E-state index contributed by atoms with van der Waals surface area (Å²) in [5.41, 5.74) is 0. The van der Waals surface area contributed by atoms with E-state index in [0.29, 0.717) is 6.42 Å². The molecule has 2 atom stereocenters. The first kappa shape index (κ1) is 15.5. The van der Waals surface area contributed by atoms with Crippen LogP contribution in [0, 0.1) is 5.92 Å². The van der Waals surface area contributed by atoms with Gasteiger partial charge in [0.25, 0.3) is 0 Å². The van der Waals surface area contributed by atoms with Crippen molar-refractivity contribution in [2.24, 2.45) is 5.92 Å². The molecule has 21 heavy (non-hydrogen) atoms. The zero-order chi connectivity index (χ0) is 15.3. The Bertz CT molecular complexity index is 644. The summed E-state index contributed by atoms with van der Waals surface area (Å²) in [6, 6.07) is 8.03. The second-order valence-corrected chi connectivity index (χ2v) is 6.93. The Morgan fingerprint density at radius 3 is 2.62 bits per heavy atom. The number of allylic oxidation sites excluding steroid dienone is 4. The average molecular weight is 306 g/mol. The summed E-state index contributed by atoms with van der Waals surface area (Å²) in [5, 5.41) is -1.21. The molecule has 5 heteroatoms. The van der Waals surface area contributed by atoms with E-state index in [1.54, 1.807) is 30.4 Å². The van der Waals surface area contributed by atoms with Gasteiger partial charge >= 0.3 is 5.97 Å². The number of esters is 1. The van der Waals surface area contributed by atoms with Gasteiger partial charge in [-0.2, -0.15) is 0 Å². The molecule has 112 valence electrons. The van der Waals surface area contributed by atoms with Crippen LogP contribution in [0.5, 0.6) is 0 Å². The lowest BCUT2D eigenvalue weighted by Gasteiger charge is -2.22. The van der Waals surface area contributed by atoms with Gasteiger partial charge in [-0.15, -0.1) is 0 Å². The van der Waals surface area contributed by atoms with Crippen LogP contribution in [-0.2, 0) is 19.4 Å². The van der Waals surface area contributed by atoms with E-state index in [4.69, 9.17) is 4.74 Å². The normalized spacial score (nSPS) is 19.8. The van der Waals surface area contributed by atoms with Crippen molar-refractivity contribution in [3.8, 4) is 0 Å². The molecule has 0 aliphatic heterocycles. The topological polar surface area (TPSA) is 60.4 Å². The number of carbonyl (C=O) groups is 1. The van der Waals surface area contributed by atoms with Gasteiger partial charge in [0.1, 0.15) is 0 Å². The van der Waals surface area contributed by atoms with Crippen LogP contribution in [0.3, 0.4) is 0 Å². The van der Waals surface area contributed by atoms with Crippen LogP contribution >= 0.6 is 0 Å². The Kier molecular flexibility index (Phi) is 4.96. The van der Waals surface area contributed by atoms with Crippen LogP contribution in [0.4, 0.5) is 0 Å². The highest BCUT2D eigenvalue weighted by Gasteiger charge is 2.40. The summed E-state index contributed by atoms with van der Waals surface area (Å²) in [5.74, 6) is -1.10. The number of methoxy groups -OCH3 is 1. The standard InChI is InChI=1S/C16H18O4S/c1-20-16(17)15(13-9-5-2-3-6-10-13)21(18,19)14-11-7-4-8-12-14/h2-5,7-9,11-13,15H,6,10H2,1H3/t13-,15?/m0/s1. The van der Waals surface area contributed by atoms with E-state index < -0.39 is 27.0 Å². The highest BCUT2D eigenvalue weighted by atomic mass is 32.2. The molecule has 1 aliphatic carbocycles. The third-order valence-electron chi connectivity index (χ3n) is 3.50. The molecule has 1 aromatic rings. The van der Waals surface area contributed by atoms with Crippen molar-refractivity contribution >= 4 is 15.8 Å². The summed E-state index contributed by atoms with van der Waals surface area (Å²) >= 11 is 0. The minimum Gasteiger partial charge on any atom is -0.468 e. The minimum atomic E-state index is -3.78. The number of carbonyl (C=O) groups excluding carboxylic acids is 1. The number of rotatable bonds is 4. The molecule has 0 saturated heterocycles. The van der Waals surface area contributed by atoms with E-state index in [-0.39, 0.29) is 4.90 Å². The Morgan fingerprint density at radius 2 is 1.95 bits per heavy atom. The SMILES string of the molecule is COC(=O)C([C@H]1C=CC=CCC1)S(=O)(=O)c1ccccc1. The summed E-state index contributed by atoms with van der Waals surface area (Å²) in [6.45, 7) is 0. The molecule has 0 radical (unpaired) electrons. The van der Waals surface area contributed by atoms with Crippen molar-refractivity contribution in [3.63, 3.8) is 0 Å². The van der Waals surface area contributed by atoms with E-state index in [0.717, 1.165) is 6.42 Å². The van der Waals surface area contributed by atoms with Crippen molar-refractivity contribution in [2.45, 2.75) is 23.0 Å². The maximum absolute atomic E-state index is 12.8. The number of ether oxygens (including phenoxy) is 1. The van der Waals surface area contributed by atoms with Gasteiger partial charge in [-0.3, -0.25) is 4.79 Å². The van der Waals surface area contributed by atoms with Gasteiger partial charge in [-0.1, -0.05) is 42.5 Å². The lowest BCUT2D eigenvalue weighted by atomic mass is 10.00. The van der Waals surface area contributed by atoms with E-state index in [1.165, 1.54) is 19.2 Å². The first-order valence-electron chi connectivity index (χ1n) is 6.77. The lowest BCUT2D eigenvalue weighted by Crippen LogP contribution is -2.37. The highest BCUT2D eigenvalue weighted by Crippen LogP contribution is 2.28. The predicted molar refractivity (Wildman–Crippen MR) is 80.4 cm³/mol. The molecule has 0 aromatic heterocycles. The third-order valence-corrected chi connectivity index (χ3v) is 5.64. The van der Waals surface area contributed by atoms with Crippen LogP contribution in [0.1, 0.15) is 12.8 Å². The molecular formula is C16H18O4S. The van der Waals surface area contributed by atoms with Gasteiger partial charge in [0.05, 0.1) is 12.0 Å². The molecule has 2 rings (SSSR count). The Hall–Kier alpha value is -1.88. The van der Waals surface area contributed by atoms with Crippen LogP contribution in [0.15, 0.2) is 59.5 Å². The van der Waals surface area contributed by atoms with Gasteiger partial charge in [-0.05, 0) is 25.0 Å². The fraction of sp³-hybridized carbons (Fsp3) is 0.312. The largest absolute Gasteiger partial charge is 0.468 e. The zero-order valence-corrected chi connectivity index (χ0v) is 12.6. The third kappa shape index (κ3) is 3.42. The van der Waals surface area contributed by atoms with E-state index >= 15 is 0 Å². The summed E-state index contributed by atoms with van der Waals surface area (Å²) < 4.78 is 30.3. The van der Waals surface area contributed by atoms with Crippen LogP contribution in [0.2, 0.25) is 0 Å². The maximum atomic E-state index is 12.8. The van der Waals surface area contributed by atoms with E-state index in [9.17, 15) is 13.2 Å². The molecule has 0 N–H and O–H groups in total. The second-order valence-electron chi connectivity index (χ2n) is 4.86. The quantitative estimate of drug-likeness (QED) is 0.802. The van der Waals surface area contributed by atoms with Gasteiger partial charge in [-0.25, -0.2) is 8.42 Å². The van der Waals surface area contributed by atoms with Crippen molar-refractivity contribution < 1.29 is 17.9 Å². The van der Waals surface area contributed by atoms with Gasteiger partial charge in [0.2, 0.25) is 0 Å². The maximum Gasteiger partial charge on any atom is 0.325 e. The molecule has 0 saturated carbocycles. The summed E-state index contributed by atoms with van der Waals surface area (Å²) in [6.07, 6.45) is 8.71. The monoisotopic (exact) mass is 306 g/mol. The molecule has 1 aromatic carbocycles. The average Bonchev–Trinajstić information content (AvgIpc) is 2.77.